The SMILES string of the molecule is N#Cc1ccc(/C(F)=C\I)nc1. The van der Waals surface area contributed by atoms with Crippen LogP contribution in [0.5, 0.6) is 0 Å². The Morgan fingerprint density at radius 3 is 2.83 bits per heavy atom. The van der Waals surface area contributed by atoms with Gasteiger partial charge in [0.2, 0.25) is 0 Å². The highest BCUT2D eigenvalue weighted by atomic mass is 127. The number of rotatable bonds is 1. The minimum Gasteiger partial charge on any atom is -0.252 e. The van der Waals surface area contributed by atoms with E-state index in [1.54, 1.807) is 22.6 Å². The van der Waals surface area contributed by atoms with Gasteiger partial charge >= 0.3 is 0 Å². The van der Waals surface area contributed by atoms with Crippen molar-refractivity contribution in [2.45, 2.75) is 0 Å². The van der Waals surface area contributed by atoms with Crippen molar-refractivity contribution < 1.29 is 4.39 Å². The van der Waals surface area contributed by atoms with E-state index in [1.807, 2.05) is 6.07 Å². The molecule has 0 bridgehead atoms. The molecular formula is C8H4FIN2. The van der Waals surface area contributed by atoms with Crippen molar-refractivity contribution in [2.75, 3.05) is 0 Å². The molecule has 0 aromatic carbocycles. The molecule has 0 amide bonds. The second-order valence-corrected chi connectivity index (χ2v) is 2.62. The summed E-state index contributed by atoms with van der Waals surface area (Å²) in [4.78, 5) is 3.75. The molecule has 0 atom stereocenters. The summed E-state index contributed by atoms with van der Waals surface area (Å²) < 4.78 is 14.1. The Labute approximate surface area is 82.9 Å². The second kappa shape index (κ2) is 4.16. The Kier molecular flexibility index (Phi) is 3.17. The molecule has 0 N–H and O–H groups in total. The quantitative estimate of drug-likeness (QED) is 0.738. The summed E-state index contributed by atoms with van der Waals surface area (Å²) >= 11 is 1.79. The number of aromatic nitrogens is 1. The molecular weight excluding hydrogens is 270 g/mol. The predicted octanol–water partition coefficient (Wildman–Crippen LogP) is 2.66. The van der Waals surface area contributed by atoms with Crippen LogP contribution < -0.4 is 0 Å². The normalized spacial score (nSPS) is 10.9. The lowest BCUT2D eigenvalue weighted by Gasteiger charge is -1.93. The lowest BCUT2D eigenvalue weighted by atomic mass is 10.2. The highest BCUT2D eigenvalue weighted by Gasteiger charge is 1.99. The van der Waals surface area contributed by atoms with Gasteiger partial charge in [-0.15, -0.1) is 0 Å². The summed E-state index contributed by atoms with van der Waals surface area (Å²) in [7, 11) is 0. The summed E-state index contributed by atoms with van der Waals surface area (Å²) in [6, 6.07) is 4.91. The molecule has 2 nitrogen and oxygen atoms in total. The van der Waals surface area contributed by atoms with Gasteiger partial charge in [-0.25, -0.2) is 4.39 Å². The van der Waals surface area contributed by atoms with Gasteiger partial charge in [-0.3, -0.25) is 4.98 Å². The number of nitrogens with zero attached hydrogens (tertiary/aromatic N) is 2. The Hall–Kier alpha value is -0.960. The first kappa shape index (κ1) is 9.13. The first-order valence-corrected chi connectivity index (χ1v) is 4.35. The maximum absolute atomic E-state index is 12.8. The van der Waals surface area contributed by atoms with Crippen LogP contribution >= 0.6 is 22.6 Å². The van der Waals surface area contributed by atoms with Gasteiger partial charge in [-0.1, -0.05) is 0 Å². The van der Waals surface area contributed by atoms with Crippen LogP contribution in [0.1, 0.15) is 11.3 Å². The zero-order valence-electron chi connectivity index (χ0n) is 5.96. The number of halogens is 2. The third-order valence-electron chi connectivity index (χ3n) is 1.23. The summed E-state index contributed by atoms with van der Waals surface area (Å²) in [5.74, 6) is -0.389. The van der Waals surface area contributed by atoms with Crippen molar-refractivity contribution in [3.63, 3.8) is 0 Å². The number of nitriles is 1. The standard InChI is InChI=1S/C8H4FIN2/c9-7(3-10)8-2-1-6(4-11)5-12-8/h1-3,5H/b7-3+. The van der Waals surface area contributed by atoms with Crippen molar-refractivity contribution in [3.8, 4) is 6.07 Å². The fourth-order valence-corrected chi connectivity index (χ4v) is 0.976. The molecule has 12 heavy (non-hydrogen) atoms. The molecule has 0 aliphatic heterocycles. The molecule has 0 aliphatic rings. The van der Waals surface area contributed by atoms with Crippen molar-refractivity contribution in [2.24, 2.45) is 0 Å². The van der Waals surface area contributed by atoms with Gasteiger partial charge in [0.1, 0.15) is 6.07 Å². The fraction of sp³-hybridized carbons (Fsp3) is 0. The summed E-state index contributed by atoms with van der Waals surface area (Å²) in [6.45, 7) is 0. The molecule has 0 saturated carbocycles. The highest BCUT2D eigenvalue weighted by Crippen LogP contribution is 2.14. The van der Waals surface area contributed by atoms with E-state index < -0.39 is 0 Å². The third-order valence-corrected chi connectivity index (χ3v) is 1.78. The van der Waals surface area contributed by atoms with E-state index in [0.29, 0.717) is 5.56 Å². The molecule has 0 spiro atoms. The topological polar surface area (TPSA) is 36.7 Å². The second-order valence-electron chi connectivity index (χ2n) is 2.00. The minimum atomic E-state index is -0.389. The van der Waals surface area contributed by atoms with Gasteiger partial charge in [-0.2, -0.15) is 5.26 Å². The molecule has 0 radical (unpaired) electrons. The largest absolute Gasteiger partial charge is 0.252 e. The maximum atomic E-state index is 12.8. The lowest BCUT2D eigenvalue weighted by Crippen LogP contribution is -1.84. The average Bonchev–Trinajstić information content (AvgIpc) is 2.17. The molecule has 0 fully saturated rings. The number of hydrogen-bond donors (Lipinski definition) is 0. The molecule has 1 rings (SSSR count). The zero-order chi connectivity index (χ0) is 8.97. The zero-order valence-corrected chi connectivity index (χ0v) is 8.12. The summed E-state index contributed by atoms with van der Waals surface area (Å²) in [5, 5.41) is 8.42. The van der Waals surface area contributed by atoms with E-state index in [1.165, 1.54) is 22.4 Å². The summed E-state index contributed by atoms with van der Waals surface area (Å²) in [5.41, 5.74) is 0.684. The van der Waals surface area contributed by atoms with Crippen molar-refractivity contribution in [1.82, 2.24) is 4.98 Å². The van der Waals surface area contributed by atoms with E-state index in [0.717, 1.165) is 0 Å². The van der Waals surface area contributed by atoms with Crippen molar-refractivity contribution >= 4 is 28.4 Å². The molecule has 1 aromatic rings. The van der Waals surface area contributed by atoms with E-state index >= 15 is 0 Å². The minimum absolute atomic E-state index is 0.253. The lowest BCUT2D eigenvalue weighted by molar-refractivity contribution is 0.755. The van der Waals surface area contributed by atoms with E-state index in [2.05, 4.69) is 4.98 Å². The molecule has 0 aliphatic carbocycles. The Balaban J connectivity index is 3.02. The third kappa shape index (κ3) is 2.01. The van der Waals surface area contributed by atoms with Crippen LogP contribution in [0.25, 0.3) is 5.83 Å². The van der Waals surface area contributed by atoms with E-state index in [4.69, 9.17) is 5.26 Å². The van der Waals surface area contributed by atoms with Crippen LogP contribution in [-0.2, 0) is 0 Å². The monoisotopic (exact) mass is 274 g/mol. The highest BCUT2D eigenvalue weighted by molar-refractivity contribution is 14.1. The predicted molar refractivity (Wildman–Crippen MR) is 52.1 cm³/mol. The Bertz CT molecular complexity index is 337. The molecule has 0 saturated heterocycles. The first-order valence-electron chi connectivity index (χ1n) is 3.10. The first-order chi connectivity index (χ1) is 5.77. The number of hydrogen-bond acceptors (Lipinski definition) is 2. The van der Waals surface area contributed by atoms with E-state index in [-0.39, 0.29) is 11.5 Å². The molecule has 60 valence electrons. The van der Waals surface area contributed by atoms with Gasteiger partial charge < -0.3 is 0 Å². The average molecular weight is 274 g/mol. The van der Waals surface area contributed by atoms with Gasteiger partial charge in [0, 0.05) is 10.3 Å². The van der Waals surface area contributed by atoms with Crippen LogP contribution in [-0.4, -0.2) is 4.98 Å². The molecule has 1 heterocycles. The molecule has 4 heteroatoms. The van der Waals surface area contributed by atoms with E-state index in [9.17, 15) is 4.39 Å². The van der Waals surface area contributed by atoms with Gasteiger partial charge in [0.05, 0.1) is 11.3 Å². The Morgan fingerprint density at radius 1 is 1.67 bits per heavy atom. The smallest absolute Gasteiger partial charge is 0.154 e. The van der Waals surface area contributed by atoms with Crippen LogP contribution in [0.2, 0.25) is 0 Å². The maximum Gasteiger partial charge on any atom is 0.154 e. The fourth-order valence-electron chi connectivity index (χ4n) is 0.657. The van der Waals surface area contributed by atoms with Crippen molar-refractivity contribution in [3.05, 3.63) is 33.7 Å². The Morgan fingerprint density at radius 2 is 2.42 bits per heavy atom. The van der Waals surface area contributed by atoms with Crippen LogP contribution in [0.3, 0.4) is 0 Å². The van der Waals surface area contributed by atoms with Crippen LogP contribution in [0.4, 0.5) is 4.39 Å². The van der Waals surface area contributed by atoms with Gasteiger partial charge in [-0.05, 0) is 34.7 Å². The van der Waals surface area contributed by atoms with Crippen LogP contribution in [0.15, 0.2) is 22.4 Å². The van der Waals surface area contributed by atoms with Crippen molar-refractivity contribution in [1.29, 1.82) is 5.26 Å². The number of pyridine rings is 1. The summed E-state index contributed by atoms with van der Waals surface area (Å²) in [6.07, 6.45) is 1.34. The van der Waals surface area contributed by atoms with Gasteiger partial charge in [0.15, 0.2) is 5.83 Å². The molecule has 0 unspecified atom stereocenters. The van der Waals surface area contributed by atoms with Crippen LogP contribution in [0, 0.1) is 11.3 Å². The van der Waals surface area contributed by atoms with Gasteiger partial charge in [0.25, 0.3) is 0 Å². The molecule has 1 aromatic heterocycles.